The van der Waals surface area contributed by atoms with Gasteiger partial charge in [-0.05, 0) is 43.7 Å². The van der Waals surface area contributed by atoms with Crippen LogP contribution in [0.25, 0.3) is 22.6 Å². The maximum atomic E-state index is 12.7. The van der Waals surface area contributed by atoms with Gasteiger partial charge in [-0.1, -0.05) is 6.07 Å². The first-order valence-electron chi connectivity index (χ1n) is 11.8. The summed E-state index contributed by atoms with van der Waals surface area (Å²) in [4.78, 5) is 42.1. The van der Waals surface area contributed by atoms with Gasteiger partial charge in [0, 0.05) is 60.3 Å². The maximum Gasteiger partial charge on any atom is 0.270 e. The first-order valence-corrected chi connectivity index (χ1v) is 11.8. The lowest BCUT2D eigenvalue weighted by atomic mass is 10.1. The SMILES string of the molecule is COc1ccc(-c2ccc(CNC(=O)c3ccc(-c4nc(C)cc(Nc5c[nH]c(C)n5)n4)cn3)cn2)cn1. The lowest BCUT2D eigenvalue weighted by Gasteiger charge is -2.08. The highest BCUT2D eigenvalue weighted by molar-refractivity contribution is 5.92. The van der Waals surface area contributed by atoms with Crippen LogP contribution in [-0.2, 0) is 6.54 Å². The number of imidazole rings is 1. The number of hydrogen-bond acceptors (Lipinski definition) is 9. The Bertz CT molecular complexity index is 1550. The van der Waals surface area contributed by atoms with Crippen LogP contribution in [-0.4, -0.2) is 47.9 Å². The van der Waals surface area contributed by atoms with E-state index in [0.29, 0.717) is 41.1 Å². The molecule has 190 valence electrons. The van der Waals surface area contributed by atoms with E-state index in [4.69, 9.17) is 4.74 Å². The van der Waals surface area contributed by atoms with Crippen LogP contribution in [0.3, 0.4) is 0 Å². The molecule has 0 spiro atoms. The Morgan fingerprint density at radius 3 is 2.39 bits per heavy atom. The topological polar surface area (TPSA) is 143 Å². The quantitative estimate of drug-likeness (QED) is 0.284. The van der Waals surface area contributed by atoms with Crippen molar-refractivity contribution in [1.29, 1.82) is 0 Å². The molecule has 5 heterocycles. The number of pyridine rings is 3. The normalized spacial score (nSPS) is 10.7. The number of aromatic amines is 1. The summed E-state index contributed by atoms with van der Waals surface area (Å²) in [6.45, 7) is 4.08. The molecule has 0 aliphatic heterocycles. The van der Waals surface area contributed by atoms with E-state index < -0.39 is 0 Å². The number of H-pyrrole nitrogens is 1. The van der Waals surface area contributed by atoms with Crippen LogP contribution in [0, 0.1) is 13.8 Å². The van der Waals surface area contributed by atoms with E-state index in [2.05, 4.69) is 45.5 Å². The van der Waals surface area contributed by atoms with Crippen LogP contribution in [0.2, 0.25) is 0 Å². The molecule has 1 amide bonds. The van der Waals surface area contributed by atoms with E-state index in [9.17, 15) is 4.79 Å². The lowest BCUT2D eigenvalue weighted by Crippen LogP contribution is -2.23. The Morgan fingerprint density at radius 1 is 0.895 bits per heavy atom. The zero-order valence-corrected chi connectivity index (χ0v) is 21.1. The van der Waals surface area contributed by atoms with Crippen molar-refractivity contribution >= 4 is 17.5 Å². The average Bonchev–Trinajstić information content (AvgIpc) is 3.36. The van der Waals surface area contributed by atoms with Gasteiger partial charge >= 0.3 is 0 Å². The standard InChI is InChI=1S/C27H25N9O2/c1-16-10-23(35-24-15-28-17(2)34-24)36-26(33-16)20-5-8-22(30-14-20)27(37)32-12-18-4-7-21(29-11-18)19-6-9-25(38-3)31-13-19/h4-11,13-15H,12H2,1-3H3,(H,28,34)(H,32,37)(H,33,35,36). The molecule has 0 saturated heterocycles. The summed E-state index contributed by atoms with van der Waals surface area (Å²) in [5.41, 5.74) is 4.29. The van der Waals surface area contributed by atoms with Crippen molar-refractivity contribution in [3.05, 3.63) is 90.0 Å². The molecule has 0 aromatic carbocycles. The van der Waals surface area contributed by atoms with Crippen molar-refractivity contribution in [2.75, 3.05) is 12.4 Å². The molecule has 11 heteroatoms. The molecule has 0 radical (unpaired) electrons. The van der Waals surface area contributed by atoms with Crippen LogP contribution in [0.15, 0.2) is 67.3 Å². The average molecular weight is 508 g/mol. The third-order valence-electron chi connectivity index (χ3n) is 5.59. The molecular weight excluding hydrogens is 482 g/mol. The molecule has 0 aliphatic carbocycles. The molecule has 11 nitrogen and oxygen atoms in total. The van der Waals surface area contributed by atoms with Crippen LogP contribution in [0.5, 0.6) is 5.88 Å². The molecule has 0 fully saturated rings. The molecule has 5 aromatic heterocycles. The number of methoxy groups -OCH3 is 1. The van der Waals surface area contributed by atoms with Crippen molar-refractivity contribution in [3.8, 4) is 28.5 Å². The number of amides is 1. The van der Waals surface area contributed by atoms with Crippen molar-refractivity contribution in [2.45, 2.75) is 20.4 Å². The van der Waals surface area contributed by atoms with Gasteiger partial charge in [-0.2, -0.15) is 0 Å². The van der Waals surface area contributed by atoms with Crippen molar-refractivity contribution in [2.24, 2.45) is 0 Å². The molecule has 0 atom stereocenters. The fraction of sp³-hybridized carbons (Fsp3) is 0.148. The summed E-state index contributed by atoms with van der Waals surface area (Å²) in [5.74, 6) is 2.83. The van der Waals surface area contributed by atoms with E-state index in [0.717, 1.165) is 28.3 Å². The first kappa shape index (κ1) is 24.5. The summed E-state index contributed by atoms with van der Waals surface area (Å²) in [5, 5.41) is 6.04. The summed E-state index contributed by atoms with van der Waals surface area (Å²) in [6, 6.07) is 12.7. The van der Waals surface area contributed by atoms with E-state index in [1.54, 1.807) is 50.1 Å². The number of anilines is 2. The molecule has 5 aromatic rings. The predicted octanol–water partition coefficient (Wildman–Crippen LogP) is 4.02. The van der Waals surface area contributed by atoms with E-state index >= 15 is 0 Å². The summed E-state index contributed by atoms with van der Waals surface area (Å²) >= 11 is 0. The molecular formula is C27H25N9O2. The Morgan fingerprint density at radius 2 is 1.74 bits per heavy atom. The Kier molecular flexibility index (Phi) is 6.98. The van der Waals surface area contributed by atoms with Crippen LogP contribution < -0.4 is 15.4 Å². The van der Waals surface area contributed by atoms with Gasteiger partial charge < -0.3 is 20.4 Å². The number of aromatic nitrogens is 7. The van der Waals surface area contributed by atoms with E-state index in [-0.39, 0.29) is 5.91 Å². The number of nitrogens with one attached hydrogen (secondary N) is 3. The van der Waals surface area contributed by atoms with Gasteiger partial charge in [0.1, 0.15) is 23.2 Å². The summed E-state index contributed by atoms with van der Waals surface area (Å²) in [7, 11) is 1.57. The molecule has 0 bridgehead atoms. The monoisotopic (exact) mass is 507 g/mol. The minimum absolute atomic E-state index is 0.290. The number of carbonyl (C=O) groups is 1. The third-order valence-corrected chi connectivity index (χ3v) is 5.59. The zero-order valence-electron chi connectivity index (χ0n) is 21.1. The van der Waals surface area contributed by atoms with Gasteiger partial charge in [0.2, 0.25) is 5.88 Å². The maximum absolute atomic E-state index is 12.7. The second kappa shape index (κ2) is 10.8. The van der Waals surface area contributed by atoms with Crippen LogP contribution in [0.1, 0.15) is 27.6 Å². The largest absolute Gasteiger partial charge is 0.481 e. The van der Waals surface area contributed by atoms with Gasteiger partial charge in [0.05, 0.1) is 12.8 Å². The summed E-state index contributed by atoms with van der Waals surface area (Å²) in [6.07, 6.45) is 6.79. The number of rotatable bonds is 8. The molecule has 3 N–H and O–H groups in total. The molecule has 0 unspecified atom stereocenters. The molecule has 0 aliphatic rings. The number of aryl methyl sites for hydroxylation is 2. The predicted molar refractivity (Wildman–Crippen MR) is 142 cm³/mol. The van der Waals surface area contributed by atoms with Crippen LogP contribution in [0.4, 0.5) is 11.6 Å². The lowest BCUT2D eigenvalue weighted by molar-refractivity contribution is 0.0946. The highest BCUT2D eigenvalue weighted by Crippen LogP contribution is 2.20. The molecule has 38 heavy (non-hydrogen) atoms. The Balaban J connectivity index is 1.21. The first-order chi connectivity index (χ1) is 18.5. The fourth-order valence-corrected chi connectivity index (χ4v) is 3.66. The van der Waals surface area contributed by atoms with Gasteiger partial charge in [-0.3, -0.25) is 14.8 Å². The number of hydrogen-bond donors (Lipinski definition) is 3. The number of ether oxygens (including phenoxy) is 1. The minimum Gasteiger partial charge on any atom is -0.481 e. The summed E-state index contributed by atoms with van der Waals surface area (Å²) < 4.78 is 5.09. The van der Waals surface area contributed by atoms with Gasteiger partial charge in [0.15, 0.2) is 5.82 Å². The van der Waals surface area contributed by atoms with Crippen molar-refractivity contribution in [3.63, 3.8) is 0 Å². The zero-order chi connectivity index (χ0) is 26.5. The fourth-order valence-electron chi connectivity index (χ4n) is 3.66. The smallest absolute Gasteiger partial charge is 0.270 e. The third kappa shape index (κ3) is 5.78. The Hall–Kier alpha value is -5.19. The highest BCUT2D eigenvalue weighted by atomic mass is 16.5. The van der Waals surface area contributed by atoms with Gasteiger partial charge in [-0.25, -0.2) is 19.9 Å². The molecule has 0 saturated carbocycles. The van der Waals surface area contributed by atoms with Crippen molar-refractivity contribution in [1.82, 2.24) is 40.2 Å². The van der Waals surface area contributed by atoms with E-state index in [1.807, 2.05) is 38.1 Å². The minimum atomic E-state index is -0.290. The second-order valence-corrected chi connectivity index (χ2v) is 8.47. The van der Waals surface area contributed by atoms with Crippen molar-refractivity contribution < 1.29 is 9.53 Å². The van der Waals surface area contributed by atoms with Crippen LogP contribution >= 0.6 is 0 Å². The Labute approximate surface area is 218 Å². The van der Waals surface area contributed by atoms with Gasteiger partial charge in [0.25, 0.3) is 5.91 Å². The number of nitrogens with zero attached hydrogens (tertiary/aromatic N) is 6. The van der Waals surface area contributed by atoms with Gasteiger partial charge in [-0.15, -0.1) is 0 Å². The highest BCUT2D eigenvalue weighted by Gasteiger charge is 2.11. The molecule has 5 rings (SSSR count). The van der Waals surface area contributed by atoms with E-state index in [1.165, 1.54) is 0 Å². The second-order valence-electron chi connectivity index (χ2n) is 8.47. The number of carbonyl (C=O) groups excluding carboxylic acids is 1.